The minimum Gasteiger partial charge on any atom is -0.346 e. The normalized spacial score (nSPS) is 11.4. The zero-order chi connectivity index (χ0) is 18.8. The van der Waals surface area contributed by atoms with Crippen LogP contribution in [0.2, 0.25) is 10.0 Å². The standard InChI is InChI=1S/C16H18Cl2N2O3S2/c1-4-20(3)15(21)9-14-13(5-6-24-14)19-25(22,23)16-10(2)7-11(17)8-12(16)18/h5-8,19H,4,9H2,1-3H3. The Hall–Kier alpha value is -1.28. The molecule has 0 aliphatic carbocycles. The van der Waals surface area contributed by atoms with Gasteiger partial charge in [-0.05, 0) is 43.0 Å². The molecule has 25 heavy (non-hydrogen) atoms. The molecular weight excluding hydrogens is 403 g/mol. The molecule has 0 aliphatic heterocycles. The summed E-state index contributed by atoms with van der Waals surface area (Å²) in [5.41, 5.74) is 0.830. The van der Waals surface area contributed by atoms with Crippen molar-refractivity contribution in [3.8, 4) is 0 Å². The molecule has 0 saturated heterocycles. The number of aryl methyl sites for hydroxylation is 1. The summed E-state index contributed by atoms with van der Waals surface area (Å²) in [4.78, 5) is 14.3. The molecule has 0 spiro atoms. The van der Waals surface area contributed by atoms with E-state index in [1.54, 1.807) is 30.3 Å². The first kappa shape index (κ1) is 20.0. The van der Waals surface area contributed by atoms with Gasteiger partial charge in [-0.3, -0.25) is 9.52 Å². The van der Waals surface area contributed by atoms with Crippen LogP contribution in [-0.2, 0) is 21.2 Å². The molecule has 1 heterocycles. The Morgan fingerprint density at radius 1 is 1.32 bits per heavy atom. The van der Waals surface area contributed by atoms with Crippen LogP contribution in [0.25, 0.3) is 0 Å². The summed E-state index contributed by atoms with van der Waals surface area (Å²) in [6, 6.07) is 4.56. The lowest BCUT2D eigenvalue weighted by atomic mass is 10.2. The van der Waals surface area contributed by atoms with Crippen molar-refractivity contribution >= 4 is 56.2 Å². The zero-order valence-corrected chi connectivity index (χ0v) is 17.1. The van der Waals surface area contributed by atoms with Crippen LogP contribution in [0.1, 0.15) is 17.4 Å². The molecule has 0 fully saturated rings. The van der Waals surface area contributed by atoms with Crippen molar-refractivity contribution in [3.05, 3.63) is 44.1 Å². The molecule has 1 aromatic carbocycles. The highest BCUT2D eigenvalue weighted by Gasteiger charge is 2.23. The van der Waals surface area contributed by atoms with E-state index >= 15 is 0 Å². The van der Waals surface area contributed by atoms with Gasteiger partial charge in [0, 0.05) is 23.5 Å². The minimum absolute atomic E-state index is 0.0206. The Labute approximate surface area is 161 Å². The van der Waals surface area contributed by atoms with E-state index in [1.165, 1.54) is 23.5 Å². The van der Waals surface area contributed by atoms with Gasteiger partial charge in [0.2, 0.25) is 5.91 Å². The van der Waals surface area contributed by atoms with Crippen LogP contribution < -0.4 is 4.72 Å². The lowest BCUT2D eigenvalue weighted by Gasteiger charge is -2.15. The van der Waals surface area contributed by atoms with Crippen LogP contribution in [0.5, 0.6) is 0 Å². The minimum atomic E-state index is -3.90. The van der Waals surface area contributed by atoms with Crippen LogP contribution in [0.15, 0.2) is 28.5 Å². The summed E-state index contributed by atoms with van der Waals surface area (Å²) >= 11 is 13.3. The molecular formula is C16H18Cl2N2O3S2. The van der Waals surface area contributed by atoms with Gasteiger partial charge in [0.25, 0.3) is 10.0 Å². The third-order valence-corrected chi connectivity index (χ3v) is 6.78. The van der Waals surface area contributed by atoms with Crippen LogP contribution in [0.4, 0.5) is 5.69 Å². The highest BCUT2D eigenvalue weighted by molar-refractivity contribution is 7.93. The fourth-order valence-electron chi connectivity index (χ4n) is 2.24. The van der Waals surface area contributed by atoms with Crippen molar-refractivity contribution in [2.24, 2.45) is 0 Å². The lowest BCUT2D eigenvalue weighted by molar-refractivity contribution is -0.128. The fraction of sp³-hybridized carbons (Fsp3) is 0.312. The Balaban J connectivity index is 2.32. The smallest absolute Gasteiger partial charge is 0.263 e. The molecule has 9 heteroatoms. The number of nitrogens with one attached hydrogen (secondary N) is 1. The molecule has 0 aliphatic rings. The maximum atomic E-state index is 12.8. The summed E-state index contributed by atoms with van der Waals surface area (Å²) in [7, 11) is -2.20. The molecule has 1 aromatic heterocycles. The largest absolute Gasteiger partial charge is 0.346 e. The van der Waals surface area contributed by atoms with Crippen molar-refractivity contribution < 1.29 is 13.2 Å². The van der Waals surface area contributed by atoms with Gasteiger partial charge in [0.1, 0.15) is 4.90 Å². The van der Waals surface area contributed by atoms with Gasteiger partial charge in [-0.15, -0.1) is 11.3 Å². The van der Waals surface area contributed by atoms with E-state index in [9.17, 15) is 13.2 Å². The molecule has 136 valence electrons. The number of nitrogens with zero attached hydrogens (tertiary/aromatic N) is 1. The number of likely N-dealkylation sites (N-methyl/N-ethyl adjacent to an activating group) is 1. The number of amides is 1. The van der Waals surface area contributed by atoms with Crippen molar-refractivity contribution in [3.63, 3.8) is 0 Å². The first-order valence-corrected chi connectivity index (χ1v) is 10.6. The van der Waals surface area contributed by atoms with Gasteiger partial charge < -0.3 is 4.90 Å². The van der Waals surface area contributed by atoms with E-state index < -0.39 is 10.0 Å². The predicted octanol–water partition coefficient (Wildman–Crippen LogP) is 4.18. The third-order valence-electron chi connectivity index (χ3n) is 3.66. The summed E-state index contributed by atoms with van der Waals surface area (Å²) in [5, 5.41) is 2.16. The van der Waals surface area contributed by atoms with Gasteiger partial charge >= 0.3 is 0 Å². The number of carbonyl (C=O) groups excluding carboxylic acids is 1. The lowest BCUT2D eigenvalue weighted by Crippen LogP contribution is -2.27. The van der Waals surface area contributed by atoms with Crippen molar-refractivity contribution in [2.45, 2.75) is 25.2 Å². The molecule has 0 bridgehead atoms. The summed E-state index contributed by atoms with van der Waals surface area (Å²) in [6.07, 6.45) is 0.132. The molecule has 0 radical (unpaired) electrons. The highest BCUT2D eigenvalue weighted by atomic mass is 35.5. The number of halogens is 2. The monoisotopic (exact) mass is 420 g/mol. The van der Waals surface area contributed by atoms with Gasteiger partial charge in [-0.2, -0.15) is 0 Å². The molecule has 0 saturated carbocycles. The maximum absolute atomic E-state index is 12.8. The number of thiophene rings is 1. The Morgan fingerprint density at radius 2 is 2.00 bits per heavy atom. The Kier molecular flexibility index (Phi) is 6.37. The van der Waals surface area contributed by atoms with Crippen molar-refractivity contribution in [1.29, 1.82) is 0 Å². The summed E-state index contributed by atoms with van der Waals surface area (Å²) < 4.78 is 28.0. The second kappa shape index (κ2) is 7.95. The predicted molar refractivity (Wildman–Crippen MR) is 103 cm³/mol. The number of sulfonamides is 1. The number of hydrogen-bond acceptors (Lipinski definition) is 4. The van der Waals surface area contributed by atoms with Gasteiger partial charge in [0.05, 0.1) is 17.1 Å². The number of rotatable bonds is 6. The fourth-order valence-corrected chi connectivity index (χ4v) is 5.41. The van der Waals surface area contributed by atoms with E-state index in [0.717, 1.165) is 0 Å². The van der Waals surface area contributed by atoms with E-state index in [0.29, 0.717) is 27.7 Å². The SMILES string of the molecule is CCN(C)C(=O)Cc1sccc1NS(=O)(=O)c1c(C)cc(Cl)cc1Cl. The Morgan fingerprint density at radius 3 is 2.60 bits per heavy atom. The first-order valence-electron chi connectivity index (χ1n) is 7.44. The molecule has 2 rings (SSSR count). The van der Waals surface area contributed by atoms with Gasteiger partial charge in [-0.1, -0.05) is 23.2 Å². The second-order valence-electron chi connectivity index (χ2n) is 5.48. The average Bonchev–Trinajstić information content (AvgIpc) is 2.91. The van der Waals surface area contributed by atoms with E-state index in [-0.39, 0.29) is 22.2 Å². The van der Waals surface area contributed by atoms with E-state index in [4.69, 9.17) is 23.2 Å². The van der Waals surface area contributed by atoms with Crippen LogP contribution in [-0.4, -0.2) is 32.8 Å². The Bertz CT molecular complexity index is 872. The third kappa shape index (κ3) is 4.67. The molecule has 5 nitrogen and oxygen atoms in total. The second-order valence-corrected chi connectivity index (χ2v) is 8.94. The van der Waals surface area contributed by atoms with Crippen molar-refractivity contribution in [1.82, 2.24) is 4.90 Å². The van der Waals surface area contributed by atoms with E-state index in [2.05, 4.69) is 4.72 Å². The number of benzene rings is 1. The van der Waals surface area contributed by atoms with Crippen LogP contribution in [0, 0.1) is 6.92 Å². The van der Waals surface area contributed by atoms with E-state index in [1.807, 2.05) is 6.92 Å². The molecule has 1 N–H and O–H groups in total. The summed E-state index contributed by atoms with van der Waals surface area (Å²) in [6.45, 7) is 4.09. The number of carbonyl (C=O) groups is 1. The van der Waals surface area contributed by atoms with Gasteiger partial charge in [-0.25, -0.2) is 8.42 Å². The topological polar surface area (TPSA) is 66.5 Å². The molecule has 0 unspecified atom stereocenters. The summed E-state index contributed by atoms with van der Waals surface area (Å²) in [5.74, 6) is -0.0777. The molecule has 0 atom stereocenters. The zero-order valence-electron chi connectivity index (χ0n) is 14.0. The van der Waals surface area contributed by atoms with Crippen LogP contribution >= 0.6 is 34.5 Å². The van der Waals surface area contributed by atoms with Gasteiger partial charge in [0.15, 0.2) is 0 Å². The van der Waals surface area contributed by atoms with Crippen molar-refractivity contribution in [2.75, 3.05) is 18.3 Å². The first-order chi connectivity index (χ1) is 11.7. The number of hydrogen-bond donors (Lipinski definition) is 1. The maximum Gasteiger partial charge on any atom is 0.263 e. The average molecular weight is 421 g/mol. The molecule has 1 amide bonds. The molecule has 2 aromatic rings. The quantitative estimate of drug-likeness (QED) is 0.761. The van der Waals surface area contributed by atoms with Crippen LogP contribution in [0.3, 0.4) is 0 Å². The number of anilines is 1. The highest BCUT2D eigenvalue weighted by Crippen LogP contribution is 2.32.